The molecule has 0 aliphatic rings. The second-order valence-electron chi connectivity index (χ2n) is 4.40. The Bertz CT molecular complexity index is 406. The summed E-state index contributed by atoms with van der Waals surface area (Å²) in [6.07, 6.45) is 2.35. The number of benzene rings is 1. The van der Waals surface area contributed by atoms with Crippen LogP contribution in [0.5, 0.6) is 11.5 Å². The van der Waals surface area contributed by atoms with Gasteiger partial charge in [-0.2, -0.15) is 0 Å². The van der Waals surface area contributed by atoms with E-state index in [1.165, 1.54) is 0 Å². The van der Waals surface area contributed by atoms with Crippen molar-refractivity contribution in [2.45, 2.75) is 40.0 Å². The molecule has 16 heavy (non-hydrogen) atoms. The Morgan fingerprint density at radius 1 is 1.31 bits per heavy atom. The lowest BCUT2D eigenvalue weighted by molar-refractivity contribution is 0.445. The molecule has 0 saturated heterocycles. The van der Waals surface area contributed by atoms with Crippen molar-refractivity contribution in [1.29, 1.82) is 0 Å². The van der Waals surface area contributed by atoms with Gasteiger partial charge in [-0.25, -0.2) is 0 Å². The molecule has 2 N–H and O–H groups in total. The fourth-order valence-corrected chi connectivity index (χ4v) is 1.91. The van der Waals surface area contributed by atoms with E-state index in [9.17, 15) is 10.2 Å². The SMILES string of the molecule is C=C(C)Cc1c(O)cc(C)c(O)c1CCC. The monoisotopic (exact) mass is 220 g/mol. The normalized spacial score (nSPS) is 10.4. The average Bonchev–Trinajstić information content (AvgIpc) is 2.19. The second-order valence-corrected chi connectivity index (χ2v) is 4.40. The maximum atomic E-state index is 10.0. The van der Waals surface area contributed by atoms with Gasteiger partial charge in [0.25, 0.3) is 0 Å². The number of phenols is 2. The first-order chi connectivity index (χ1) is 7.47. The van der Waals surface area contributed by atoms with E-state index >= 15 is 0 Å². The number of aryl methyl sites for hydroxylation is 1. The lowest BCUT2D eigenvalue weighted by Gasteiger charge is -2.15. The van der Waals surface area contributed by atoms with Crippen LogP contribution in [0, 0.1) is 6.92 Å². The van der Waals surface area contributed by atoms with Crippen LogP contribution in [0.4, 0.5) is 0 Å². The number of hydrogen-bond acceptors (Lipinski definition) is 2. The first-order valence-electron chi connectivity index (χ1n) is 5.65. The van der Waals surface area contributed by atoms with Crippen molar-refractivity contribution in [2.75, 3.05) is 0 Å². The Kier molecular flexibility index (Phi) is 3.99. The summed E-state index contributed by atoms with van der Waals surface area (Å²) in [7, 11) is 0. The van der Waals surface area contributed by atoms with E-state index in [4.69, 9.17) is 0 Å². The smallest absolute Gasteiger partial charge is 0.122 e. The van der Waals surface area contributed by atoms with Crippen molar-refractivity contribution in [3.8, 4) is 11.5 Å². The number of hydrogen-bond donors (Lipinski definition) is 2. The summed E-state index contributed by atoms with van der Waals surface area (Å²) in [5, 5.41) is 19.9. The summed E-state index contributed by atoms with van der Waals surface area (Å²) in [6.45, 7) is 9.64. The Morgan fingerprint density at radius 3 is 2.44 bits per heavy atom. The molecule has 0 fully saturated rings. The fraction of sp³-hybridized carbons (Fsp3) is 0.429. The number of allylic oxidation sites excluding steroid dienone is 1. The summed E-state index contributed by atoms with van der Waals surface area (Å²) >= 11 is 0. The molecular weight excluding hydrogens is 200 g/mol. The number of rotatable bonds is 4. The minimum atomic E-state index is 0.266. The van der Waals surface area contributed by atoms with Crippen LogP contribution in [0.3, 0.4) is 0 Å². The zero-order chi connectivity index (χ0) is 12.3. The number of phenolic OH excluding ortho intramolecular Hbond substituents is 2. The molecule has 0 aliphatic carbocycles. The first kappa shape index (κ1) is 12.6. The lowest BCUT2D eigenvalue weighted by Crippen LogP contribution is -1.98. The minimum Gasteiger partial charge on any atom is -0.508 e. The molecule has 1 rings (SSSR count). The van der Waals surface area contributed by atoms with Crippen LogP contribution in [0.1, 0.15) is 37.0 Å². The largest absolute Gasteiger partial charge is 0.508 e. The van der Waals surface area contributed by atoms with Crippen LogP contribution in [0.15, 0.2) is 18.2 Å². The van der Waals surface area contributed by atoms with Crippen molar-refractivity contribution >= 4 is 0 Å². The van der Waals surface area contributed by atoms with Crippen molar-refractivity contribution in [2.24, 2.45) is 0 Å². The van der Waals surface area contributed by atoms with E-state index in [0.29, 0.717) is 12.2 Å². The maximum absolute atomic E-state index is 10.0. The topological polar surface area (TPSA) is 40.5 Å². The van der Waals surface area contributed by atoms with E-state index < -0.39 is 0 Å². The third kappa shape index (κ3) is 2.57. The molecule has 0 spiro atoms. The third-order valence-corrected chi connectivity index (χ3v) is 2.66. The molecule has 1 aromatic carbocycles. The van der Waals surface area contributed by atoms with Crippen LogP contribution in [0.25, 0.3) is 0 Å². The summed E-state index contributed by atoms with van der Waals surface area (Å²) in [6, 6.07) is 1.62. The van der Waals surface area contributed by atoms with Crippen molar-refractivity contribution in [3.63, 3.8) is 0 Å². The summed E-state index contributed by atoms with van der Waals surface area (Å²) in [5.74, 6) is 0.581. The van der Waals surface area contributed by atoms with Gasteiger partial charge in [0.15, 0.2) is 0 Å². The molecule has 1 aromatic rings. The van der Waals surface area contributed by atoms with Crippen LogP contribution >= 0.6 is 0 Å². The predicted octanol–water partition coefficient (Wildman–Crippen LogP) is 3.48. The van der Waals surface area contributed by atoms with E-state index in [1.54, 1.807) is 13.0 Å². The van der Waals surface area contributed by atoms with Crippen molar-refractivity contribution in [1.82, 2.24) is 0 Å². The summed E-state index contributed by atoms with van der Waals surface area (Å²) < 4.78 is 0. The Balaban J connectivity index is 3.31. The highest BCUT2D eigenvalue weighted by atomic mass is 16.3. The predicted molar refractivity (Wildman–Crippen MR) is 67.0 cm³/mol. The Labute approximate surface area is 97.2 Å². The van der Waals surface area contributed by atoms with Crippen LogP contribution < -0.4 is 0 Å². The highest BCUT2D eigenvalue weighted by Gasteiger charge is 2.14. The highest BCUT2D eigenvalue weighted by Crippen LogP contribution is 2.34. The van der Waals surface area contributed by atoms with Gasteiger partial charge in [-0.15, -0.1) is 0 Å². The summed E-state index contributed by atoms with van der Waals surface area (Å²) in [4.78, 5) is 0. The third-order valence-electron chi connectivity index (χ3n) is 2.66. The van der Waals surface area contributed by atoms with E-state index in [2.05, 4.69) is 13.5 Å². The standard InChI is InChI=1S/C14H20O2/c1-5-6-11-12(7-9(2)3)13(15)8-10(4)14(11)16/h8,15-16H,2,5-7H2,1,3-4H3. The Hall–Kier alpha value is -1.44. The molecular formula is C14H20O2. The molecule has 0 radical (unpaired) electrons. The van der Waals surface area contributed by atoms with E-state index in [0.717, 1.165) is 35.1 Å². The molecule has 0 saturated carbocycles. The van der Waals surface area contributed by atoms with Crippen LogP contribution in [-0.4, -0.2) is 10.2 Å². The quantitative estimate of drug-likeness (QED) is 0.602. The van der Waals surface area contributed by atoms with Gasteiger partial charge in [-0.3, -0.25) is 0 Å². The zero-order valence-electron chi connectivity index (χ0n) is 10.3. The molecule has 2 heteroatoms. The minimum absolute atomic E-state index is 0.266. The molecule has 2 nitrogen and oxygen atoms in total. The van der Waals surface area contributed by atoms with Crippen LogP contribution in [0.2, 0.25) is 0 Å². The zero-order valence-corrected chi connectivity index (χ0v) is 10.3. The van der Waals surface area contributed by atoms with Gasteiger partial charge in [0.2, 0.25) is 0 Å². The summed E-state index contributed by atoms with van der Waals surface area (Å²) in [5.41, 5.74) is 3.39. The molecule has 0 amide bonds. The molecule has 88 valence electrons. The molecule has 0 bridgehead atoms. The highest BCUT2D eigenvalue weighted by molar-refractivity contribution is 5.53. The molecule has 0 unspecified atom stereocenters. The van der Waals surface area contributed by atoms with Crippen LogP contribution in [-0.2, 0) is 12.8 Å². The van der Waals surface area contributed by atoms with Gasteiger partial charge < -0.3 is 10.2 Å². The fourth-order valence-electron chi connectivity index (χ4n) is 1.91. The van der Waals surface area contributed by atoms with Gasteiger partial charge in [-0.05, 0) is 38.3 Å². The maximum Gasteiger partial charge on any atom is 0.122 e. The second kappa shape index (κ2) is 5.06. The molecule has 0 aliphatic heterocycles. The molecule has 0 atom stereocenters. The molecule has 0 heterocycles. The van der Waals surface area contributed by atoms with Crippen molar-refractivity contribution in [3.05, 3.63) is 34.9 Å². The van der Waals surface area contributed by atoms with E-state index in [1.807, 2.05) is 6.92 Å². The van der Waals surface area contributed by atoms with Crippen molar-refractivity contribution < 1.29 is 10.2 Å². The number of aromatic hydroxyl groups is 2. The van der Waals surface area contributed by atoms with Gasteiger partial charge in [0.1, 0.15) is 11.5 Å². The van der Waals surface area contributed by atoms with Gasteiger partial charge >= 0.3 is 0 Å². The van der Waals surface area contributed by atoms with Gasteiger partial charge in [0.05, 0.1) is 0 Å². The van der Waals surface area contributed by atoms with Gasteiger partial charge in [-0.1, -0.05) is 25.5 Å². The Morgan fingerprint density at radius 2 is 1.94 bits per heavy atom. The first-order valence-corrected chi connectivity index (χ1v) is 5.65. The van der Waals surface area contributed by atoms with E-state index in [-0.39, 0.29) is 5.75 Å². The average molecular weight is 220 g/mol. The molecule has 0 aromatic heterocycles. The lowest BCUT2D eigenvalue weighted by atomic mass is 9.94. The van der Waals surface area contributed by atoms with Gasteiger partial charge in [0, 0.05) is 11.1 Å².